The maximum atomic E-state index is 8.86. The Labute approximate surface area is 159 Å². The molecular formula is C21H25N5O. The second kappa shape index (κ2) is 9.15. The SMILES string of the molecule is CC(C)n1cnc2c(NCc3ccccc3)nc(C#CCCCCO)nc21. The van der Waals surface area contributed by atoms with Gasteiger partial charge in [-0.25, -0.2) is 15.0 Å². The zero-order chi connectivity index (χ0) is 19.1. The molecule has 0 radical (unpaired) electrons. The summed E-state index contributed by atoms with van der Waals surface area (Å²) in [7, 11) is 0. The number of rotatable bonds is 7. The van der Waals surface area contributed by atoms with E-state index in [1.807, 2.05) is 22.8 Å². The van der Waals surface area contributed by atoms with Crippen molar-refractivity contribution in [3.8, 4) is 11.8 Å². The lowest BCUT2D eigenvalue weighted by Gasteiger charge is -2.09. The van der Waals surface area contributed by atoms with Crippen molar-refractivity contribution >= 4 is 17.0 Å². The molecule has 3 rings (SSSR count). The van der Waals surface area contributed by atoms with Crippen LogP contribution in [0, 0.1) is 11.8 Å². The van der Waals surface area contributed by atoms with Gasteiger partial charge in [0.25, 0.3) is 0 Å². The number of aliphatic hydroxyl groups is 1. The second-order valence-electron chi connectivity index (χ2n) is 6.64. The van der Waals surface area contributed by atoms with Crippen molar-refractivity contribution in [3.05, 3.63) is 48.0 Å². The molecule has 27 heavy (non-hydrogen) atoms. The molecule has 0 aliphatic carbocycles. The fourth-order valence-electron chi connectivity index (χ4n) is 2.72. The number of benzene rings is 1. The van der Waals surface area contributed by atoms with Crippen LogP contribution in [0.5, 0.6) is 0 Å². The van der Waals surface area contributed by atoms with E-state index in [1.54, 1.807) is 6.33 Å². The third kappa shape index (κ3) is 4.83. The molecule has 0 aliphatic rings. The predicted octanol–water partition coefficient (Wildman–Crippen LogP) is 3.53. The fourth-order valence-corrected chi connectivity index (χ4v) is 2.72. The van der Waals surface area contributed by atoms with E-state index in [2.05, 4.69) is 58.1 Å². The highest BCUT2D eigenvalue weighted by Crippen LogP contribution is 2.22. The van der Waals surface area contributed by atoms with E-state index < -0.39 is 0 Å². The van der Waals surface area contributed by atoms with Gasteiger partial charge in [-0.15, -0.1) is 0 Å². The molecule has 0 aliphatic heterocycles. The molecule has 0 saturated carbocycles. The summed E-state index contributed by atoms with van der Waals surface area (Å²) in [6.45, 7) is 5.05. The summed E-state index contributed by atoms with van der Waals surface area (Å²) >= 11 is 0. The molecule has 0 amide bonds. The van der Waals surface area contributed by atoms with Gasteiger partial charge >= 0.3 is 0 Å². The average Bonchev–Trinajstić information content (AvgIpc) is 3.11. The number of anilines is 1. The van der Waals surface area contributed by atoms with Gasteiger partial charge < -0.3 is 15.0 Å². The molecule has 0 atom stereocenters. The number of hydrogen-bond donors (Lipinski definition) is 2. The maximum absolute atomic E-state index is 8.86. The number of imidazole rings is 1. The zero-order valence-corrected chi connectivity index (χ0v) is 15.8. The number of aliphatic hydroxyl groups excluding tert-OH is 1. The second-order valence-corrected chi connectivity index (χ2v) is 6.64. The molecule has 0 fully saturated rings. The van der Waals surface area contributed by atoms with Crippen LogP contribution < -0.4 is 5.32 Å². The summed E-state index contributed by atoms with van der Waals surface area (Å²) in [5.74, 6) is 7.34. The predicted molar refractivity (Wildman–Crippen MR) is 107 cm³/mol. The van der Waals surface area contributed by atoms with Gasteiger partial charge in [-0.1, -0.05) is 36.3 Å². The minimum atomic E-state index is 0.200. The molecule has 0 bridgehead atoms. The fraction of sp³-hybridized carbons (Fsp3) is 0.381. The van der Waals surface area contributed by atoms with Crippen LogP contribution in [0.2, 0.25) is 0 Å². The number of unbranched alkanes of at least 4 members (excludes halogenated alkanes) is 2. The van der Waals surface area contributed by atoms with Gasteiger partial charge in [0, 0.05) is 25.6 Å². The van der Waals surface area contributed by atoms with Crippen LogP contribution in [-0.2, 0) is 6.54 Å². The van der Waals surface area contributed by atoms with E-state index in [4.69, 9.17) is 5.11 Å². The molecule has 0 spiro atoms. The Bertz CT molecular complexity index is 938. The first-order valence-corrected chi connectivity index (χ1v) is 9.31. The first-order valence-electron chi connectivity index (χ1n) is 9.31. The van der Waals surface area contributed by atoms with Crippen LogP contribution in [0.1, 0.15) is 50.5 Å². The van der Waals surface area contributed by atoms with Crippen molar-refractivity contribution in [2.75, 3.05) is 11.9 Å². The van der Waals surface area contributed by atoms with Crippen LogP contribution in [0.3, 0.4) is 0 Å². The van der Waals surface area contributed by atoms with E-state index in [9.17, 15) is 0 Å². The third-order valence-corrected chi connectivity index (χ3v) is 4.19. The Balaban J connectivity index is 1.90. The monoisotopic (exact) mass is 363 g/mol. The first kappa shape index (κ1) is 18.9. The highest BCUT2D eigenvalue weighted by atomic mass is 16.2. The normalized spacial score (nSPS) is 10.8. The van der Waals surface area contributed by atoms with Crippen LogP contribution in [0.25, 0.3) is 11.2 Å². The van der Waals surface area contributed by atoms with E-state index in [0.717, 1.165) is 30.4 Å². The van der Waals surface area contributed by atoms with Gasteiger partial charge in [0.05, 0.1) is 6.33 Å². The van der Waals surface area contributed by atoms with Crippen molar-refractivity contribution in [2.45, 2.75) is 45.7 Å². The molecule has 2 heterocycles. The molecule has 2 N–H and O–H groups in total. The van der Waals surface area contributed by atoms with E-state index in [0.29, 0.717) is 18.2 Å². The minimum absolute atomic E-state index is 0.200. The summed E-state index contributed by atoms with van der Waals surface area (Å²) < 4.78 is 2.03. The highest BCUT2D eigenvalue weighted by molar-refractivity contribution is 5.83. The summed E-state index contributed by atoms with van der Waals surface area (Å²) in [5, 5.41) is 12.2. The van der Waals surface area contributed by atoms with Gasteiger partial charge in [0.15, 0.2) is 17.0 Å². The molecule has 0 unspecified atom stereocenters. The Morgan fingerprint density at radius 2 is 1.96 bits per heavy atom. The molecular weight excluding hydrogens is 338 g/mol. The van der Waals surface area contributed by atoms with Gasteiger partial charge in [-0.2, -0.15) is 0 Å². The lowest BCUT2D eigenvalue weighted by atomic mass is 10.2. The van der Waals surface area contributed by atoms with Crippen LogP contribution in [0.15, 0.2) is 36.7 Å². The van der Waals surface area contributed by atoms with Crippen molar-refractivity contribution in [3.63, 3.8) is 0 Å². The van der Waals surface area contributed by atoms with Gasteiger partial charge in [-0.3, -0.25) is 0 Å². The smallest absolute Gasteiger partial charge is 0.208 e. The lowest BCUT2D eigenvalue weighted by Crippen LogP contribution is -2.06. The van der Waals surface area contributed by atoms with Crippen molar-refractivity contribution in [1.29, 1.82) is 0 Å². The molecule has 140 valence electrons. The highest BCUT2D eigenvalue weighted by Gasteiger charge is 2.14. The first-order chi connectivity index (χ1) is 13.2. The topological polar surface area (TPSA) is 75.9 Å². The molecule has 0 saturated heterocycles. The Morgan fingerprint density at radius 1 is 1.15 bits per heavy atom. The number of nitrogens with zero attached hydrogens (tertiary/aromatic N) is 4. The quantitative estimate of drug-likeness (QED) is 0.496. The van der Waals surface area contributed by atoms with Crippen LogP contribution in [0.4, 0.5) is 5.82 Å². The molecule has 3 aromatic rings. The Morgan fingerprint density at radius 3 is 2.70 bits per heavy atom. The van der Waals surface area contributed by atoms with Crippen molar-refractivity contribution in [2.24, 2.45) is 0 Å². The minimum Gasteiger partial charge on any atom is -0.396 e. The van der Waals surface area contributed by atoms with Gasteiger partial charge in [0.1, 0.15) is 0 Å². The molecule has 6 nitrogen and oxygen atoms in total. The average molecular weight is 363 g/mol. The summed E-state index contributed by atoms with van der Waals surface area (Å²) in [4.78, 5) is 13.7. The number of fused-ring (bicyclic) bond motifs is 1. The maximum Gasteiger partial charge on any atom is 0.208 e. The zero-order valence-electron chi connectivity index (χ0n) is 15.8. The Hall–Kier alpha value is -2.91. The summed E-state index contributed by atoms with van der Waals surface area (Å²) in [6.07, 6.45) is 4.15. The molecule has 6 heteroatoms. The summed E-state index contributed by atoms with van der Waals surface area (Å²) in [6, 6.07) is 10.4. The number of aromatic nitrogens is 4. The van der Waals surface area contributed by atoms with Gasteiger partial charge in [-0.05, 0) is 38.2 Å². The van der Waals surface area contributed by atoms with Crippen molar-refractivity contribution in [1.82, 2.24) is 19.5 Å². The largest absolute Gasteiger partial charge is 0.396 e. The number of hydrogen-bond acceptors (Lipinski definition) is 5. The van der Waals surface area contributed by atoms with Crippen molar-refractivity contribution < 1.29 is 5.11 Å². The number of nitrogens with one attached hydrogen (secondary N) is 1. The lowest BCUT2D eigenvalue weighted by molar-refractivity contribution is 0.285. The molecule has 2 aromatic heterocycles. The third-order valence-electron chi connectivity index (χ3n) is 4.19. The van der Waals surface area contributed by atoms with E-state index >= 15 is 0 Å². The molecule has 1 aromatic carbocycles. The summed E-state index contributed by atoms with van der Waals surface area (Å²) in [5.41, 5.74) is 2.71. The van der Waals surface area contributed by atoms with E-state index in [-0.39, 0.29) is 12.6 Å². The van der Waals surface area contributed by atoms with Crippen LogP contribution >= 0.6 is 0 Å². The van der Waals surface area contributed by atoms with E-state index in [1.165, 1.54) is 5.56 Å². The van der Waals surface area contributed by atoms with Crippen LogP contribution in [-0.4, -0.2) is 31.2 Å². The Kier molecular flexibility index (Phi) is 6.39. The van der Waals surface area contributed by atoms with Gasteiger partial charge in [0.2, 0.25) is 5.82 Å². The standard InChI is InChI=1S/C21H25N5O/c1-16(2)26-15-23-19-20(22-14-17-10-6-5-7-11-17)24-18(25-21(19)26)12-8-3-4-9-13-27/h5-7,10-11,15-16,27H,3-4,9,13-14H2,1-2H3,(H,22,24,25).